The molecule has 4 atom stereocenters. The second-order valence-corrected chi connectivity index (χ2v) is 17.0. The van der Waals surface area contributed by atoms with Gasteiger partial charge in [0.25, 0.3) is 0 Å². The molecule has 6 heteroatoms. The van der Waals surface area contributed by atoms with E-state index in [9.17, 15) is 0 Å². The van der Waals surface area contributed by atoms with Gasteiger partial charge in [0.15, 0.2) is 12.6 Å². The Bertz CT molecular complexity index is 1130. The van der Waals surface area contributed by atoms with Crippen molar-refractivity contribution in [2.75, 3.05) is 20.3 Å². The van der Waals surface area contributed by atoms with Crippen molar-refractivity contribution in [3.8, 4) is 0 Å². The molecule has 0 spiro atoms. The van der Waals surface area contributed by atoms with Crippen LogP contribution in [0, 0.1) is 0 Å². The first-order valence-electron chi connectivity index (χ1n) is 23.8. The lowest BCUT2D eigenvalue weighted by atomic mass is 9.86. The molecule has 0 aromatic carbocycles. The van der Waals surface area contributed by atoms with E-state index in [0.717, 1.165) is 45.1 Å². The van der Waals surface area contributed by atoms with Crippen molar-refractivity contribution in [2.45, 2.75) is 225 Å². The van der Waals surface area contributed by atoms with Gasteiger partial charge in [-0.3, -0.25) is 9.88 Å². The first-order chi connectivity index (χ1) is 28.1. The van der Waals surface area contributed by atoms with Gasteiger partial charge in [-0.25, -0.2) is 0 Å². The van der Waals surface area contributed by atoms with Crippen LogP contribution in [0.5, 0.6) is 0 Å². The number of hydrogen-bond donors (Lipinski definition) is 0. The zero-order valence-electron chi connectivity index (χ0n) is 37.3. The van der Waals surface area contributed by atoms with Crippen LogP contribution in [0.3, 0.4) is 0 Å². The lowest BCUT2D eigenvalue weighted by molar-refractivity contribution is -0.142. The van der Waals surface area contributed by atoms with Crippen LogP contribution < -0.4 is 0 Å². The third-order valence-electron chi connectivity index (χ3n) is 12.0. The largest absolute Gasteiger partial charge is 0.350 e. The van der Waals surface area contributed by atoms with Gasteiger partial charge in [0.05, 0.1) is 18.8 Å². The summed E-state index contributed by atoms with van der Waals surface area (Å²) in [4.78, 5) is 6.76. The number of aromatic nitrogens is 1. The molecule has 324 valence electrons. The summed E-state index contributed by atoms with van der Waals surface area (Å²) in [6, 6.07) is 4.15. The molecular formula is C51H86N2O4. The Morgan fingerprint density at radius 2 is 1.02 bits per heavy atom. The zero-order chi connectivity index (χ0) is 40.5. The number of nitrogens with zero attached hydrogens (tertiary/aromatic N) is 2. The average molecular weight is 791 g/mol. The first-order valence-corrected chi connectivity index (χ1v) is 23.8. The smallest absolute Gasteiger partial charge is 0.158 e. The maximum Gasteiger partial charge on any atom is 0.158 e. The normalized spacial score (nSPS) is 21.4. The van der Waals surface area contributed by atoms with E-state index < -0.39 is 5.54 Å². The number of pyridine rings is 1. The lowest BCUT2D eigenvalue weighted by Crippen LogP contribution is -2.62. The SMILES string of the molecule is CCCCC/C=C\C/C=C\CCCCCCCCC1OCC(C(C)(C2COC(CCCCCCCC/C=C\C/C=C\CCCCC)O2)N(C)Cc2cccnc2)O1. The zero-order valence-corrected chi connectivity index (χ0v) is 37.3. The minimum atomic E-state index is -0.405. The highest BCUT2D eigenvalue weighted by Gasteiger charge is 2.52. The summed E-state index contributed by atoms with van der Waals surface area (Å²) in [5.74, 6) is 0. The second-order valence-electron chi connectivity index (χ2n) is 17.0. The average Bonchev–Trinajstić information content (AvgIpc) is 3.92. The van der Waals surface area contributed by atoms with Gasteiger partial charge in [0.2, 0.25) is 0 Å². The topological polar surface area (TPSA) is 53.0 Å². The van der Waals surface area contributed by atoms with Crippen LogP contribution in [0.4, 0.5) is 0 Å². The van der Waals surface area contributed by atoms with Crippen LogP contribution in [0.1, 0.15) is 193 Å². The van der Waals surface area contributed by atoms with Crippen molar-refractivity contribution in [2.24, 2.45) is 0 Å². The predicted molar refractivity (Wildman–Crippen MR) is 241 cm³/mol. The molecule has 3 heterocycles. The summed E-state index contributed by atoms with van der Waals surface area (Å²) in [6.07, 6.45) is 54.1. The lowest BCUT2D eigenvalue weighted by Gasteiger charge is -2.45. The Morgan fingerprint density at radius 3 is 1.44 bits per heavy atom. The molecule has 0 N–H and O–H groups in total. The van der Waals surface area contributed by atoms with Gasteiger partial charge >= 0.3 is 0 Å². The Kier molecular flexibility index (Phi) is 28.3. The number of unbranched alkanes of at least 4 members (excludes halogenated alkanes) is 18. The predicted octanol–water partition coefficient (Wildman–Crippen LogP) is 14.2. The molecule has 0 aliphatic carbocycles. The third kappa shape index (κ3) is 21.7. The second kappa shape index (κ2) is 32.7. The summed E-state index contributed by atoms with van der Waals surface area (Å²) in [6.45, 7) is 8.74. The summed E-state index contributed by atoms with van der Waals surface area (Å²) >= 11 is 0. The molecule has 2 saturated heterocycles. The van der Waals surface area contributed by atoms with Crippen molar-refractivity contribution in [1.29, 1.82) is 0 Å². The minimum Gasteiger partial charge on any atom is -0.350 e. The minimum absolute atomic E-state index is 0.0945. The van der Waals surface area contributed by atoms with Gasteiger partial charge < -0.3 is 18.9 Å². The summed E-state index contributed by atoms with van der Waals surface area (Å²) in [7, 11) is 2.19. The van der Waals surface area contributed by atoms with Gasteiger partial charge in [0.1, 0.15) is 12.2 Å². The standard InChI is InChI=1S/C51H86N2O4/c1-5-7-9-11-13-15-17-19-21-23-25-27-29-31-33-35-39-49-54-44-47(56-49)51(3,53(4)43-46-38-37-41-52-42-46)48-45-55-50(57-48)40-36-34-32-30-28-26-24-22-20-18-16-14-12-10-8-6-2/h13-16,19-22,37-38,41-42,47-50H,5-12,17-18,23-36,39-40,43-45H2,1-4H3/b15-13-,16-14-,21-19-,22-20-. The highest BCUT2D eigenvalue weighted by Crippen LogP contribution is 2.37. The third-order valence-corrected chi connectivity index (χ3v) is 12.0. The Labute approximate surface area is 351 Å². The molecule has 4 unspecified atom stereocenters. The molecule has 2 fully saturated rings. The van der Waals surface area contributed by atoms with Crippen LogP contribution in [-0.4, -0.2) is 60.5 Å². The van der Waals surface area contributed by atoms with E-state index in [1.54, 1.807) is 0 Å². The number of hydrogen-bond acceptors (Lipinski definition) is 6. The molecule has 0 radical (unpaired) electrons. The van der Waals surface area contributed by atoms with Crippen molar-refractivity contribution >= 4 is 0 Å². The van der Waals surface area contributed by atoms with Crippen LogP contribution in [-0.2, 0) is 25.5 Å². The van der Waals surface area contributed by atoms with Crippen molar-refractivity contribution in [3.05, 3.63) is 78.7 Å². The highest BCUT2D eigenvalue weighted by molar-refractivity contribution is 5.11. The van der Waals surface area contributed by atoms with Gasteiger partial charge in [0, 0.05) is 18.9 Å². The summed E-state index contributed by atoms with van der Waals surface area (Å²) < 4.78 is 26.1. The maximum absolute atomic E-state index is 6.72. The maximum atomic E-state index is 6.72. The summed E-state index contributed by atoms with van der Waals surface area (Å²) in [5, 5.41) is 0. The molecule has 2 aliphatic heterocycles. The molecule has 0 amide bonds. The number of ether oxygens (including phenoxy) is 4. The first kappa shape index (κ1) is 49.3. The fourth-order valence-corrected chi connectivity index (χ4v) is 8.06. The van der Waals surface area contributed by atoms with E-state index in [2.05, 4.69) is 92.4 Å². The van der Waals surface area contributed by atoms with Crippen molar-refractivity contribution in [3.63, 3.8) is 0 Å². The van der Waals surface area contributed by atoms with Crippen molar-refractivity contribution in [1.82, 2.24) is 9.88 Å². The molecular weight excluding hydrogens is 705 g/mol. The number of allylic oxidation sites excluding steroid dienone is 8. The van der Waals surface area contributed by atoms with Gasteiger partial charge in [-0.1, -0.05) is 146 Å². The number of likely N-dealkylation sites (N-methyl/N-ethyl adjacent to an activating group) is 1. The molecule has 3 rings (SSSR count). The molecule has 6 nitrogen and oxygen atoms in total. The Balaban J connectivity index is 1.31. The molecule has 1 aromatic rings. The van der Waals surface area contributed by atoms with Gasteiger partial charge in [-0.05, 0) is 115 Å². The number of rotatable bonds is 35. The van der Waals surface area contributed by atoms with E-state index in [4.69, 9.17) is 18.9 Å². The van der Waals surface area contributed by atoms with Crippen LogP contribution in [0.25, 0.3) is 0 Å². The van der Waals surface area contributed by atoms with Gasteiger partial charge in [-0.2, -0.15) is 0 Å². The molecule has 0 saturated carbocycles. The Hall–Kier alpha value is -2.09. The molecule has 1 aromatic heterocycles. The quantitative estimate of drug-likeness (QED) is 0.0504. The van der Waals surface area contributed by atoms with E-state index in [-0.39, 0.29) is 24.8 Å². The van der Waals surface area contributed by atoms with Crippen LogP contribution in [0.15, 0.2) is 73.1 Å². The highest BCUT2D eigenvalue weighted by atomic mass is 16.7. The van der Waals surface area contributed by atoms with Crippen molar-refractivity contribution < 1.29 is 18.9 Å². The van der Waals surface area contributed by atoms with E-state index in [1.165, 1.54) is 134 Å². The monoisotopic (exact) mass is 791 g/mol. The fraction of sp³-hybridized carbons (Fsp3) is 0.745. The van der Waals surface area contributed by atoms with E-state index in [0.29, 0.717) is 13.2 Å². The fourth-order valence-electron chi connectivity index (χ4n) is 8.06. The summed E-state index contributed by atoms with van der Waals surface area (Å²) in [5.41, 5.74) is 0.776. The molecule has 57 heavy (non-hydrogen) atoms. The Morgan fingerprint density at radius 1 is 0.596 bits per heavy atom. The van der Waals surface area contributed by atoms with Gasteiger partial charge in [-0.15, -0.1) is 0 Å². The molecule has 2 aliphatic rings. The van der Waals surface area contributed by atoms with Crippen LogP contribution >= 0.6 is 0 Å². The van der Waals surface area contributed by atoms with Crippen LogP contribution in [0.2, 0.25) is 0 Å². The van der Waals surface area contributed by atoms with E-state index >= 15 is 0 Å². The van der Waals surface area contributed by atoms with E-state index in [1.807, 2.05) is 18.5 Å². The molecule has 0 bridgehead atoms.